The molecule has 0 aromatic carbocycles. The van der Waals surface area contributed by atoms with Crippen molar-refractivity contribution in [1.82, 2.24) is 0 Å². The van der Waals surface area contributed by atoms with Crippen LogP contribution in [0.15, 0.2) is 0 Å². The van der Waals surface area contributed by atoms with Gasteiger partial charge in [0, 0.05) is 0 Å². The average Bonchev–Trinajstić information content (AvgIpc) is 3.03. The molecule has 0 aliphatic rings. The highest BCUT2D eigenvalue weighted by molar-refractivity contribution is 5.76. The minimum Gasteiger partial charge on any atom is -0.465 e. The van der Waals surface area contributed by atoms with Crippen LogP contribution in [-0.2, 0) is 28.6 Å². The van der Waals surface area contributed by atoms with Crippen molar-refractivity contribution < 1.29 is 28.6 Å². The lowest BCUT2D eigenvalue weighted by atomic mass is 9.86. The lowest BCUT2D eigenvalue weighted by Crippen LogP contribution is -2.31. The maximum absolute atomic E-state index is 12.2. The van der Waals surface area contributed by atoms with Crippen molar-refractivity contribution in [1.29, 1.82) is 0 Å². The summed E-state index contributed by atoms with van der Waals surface area (Å²) in [6, 6.07) is 0. The highest BCUT2D eigenvalue weighted by atomic mass is 16.6. The Morgan fingerprint density at radius 1 is 0.441 bits per heavy atom. The zero-order valence-electron chi connectivity index (χ0n) is 39.5. The fourth-order valence-electron chi connectivity index (χ4n) is 5.21. The maximum Gasteiger partial charge on any atom is 0.311 e. The van der Waals surface area contributed by atoms with Crippen molar-refractivity contribution in [2.24, 2.45) is 51.2 Å². The van der Waals surface area contributed by atoms with E-state index in [1.165, 1.54) is 0 Å². The summed E-state index contributed by atoms with van der Waals surface area (Å²) >= 11 is 0. The minimum absolute atomic E-state index is 0. The molecule has 0 amide bonds. The topological polar surface area (TPSA) is 78.9 Å². The first-order valence-corrected chi connectivity index (χ1v) is 21.6. The van der Waals surface area contributed by atoms with Crippen LogP contribution >= 0.6 is 0 Å². The van der Waals surface area contributed by atoms with Crippen LogP contribution in [-0.4, -0.2) is 36.7 Å². The SMILES string of the molecule is C.C.C.C.C.C.CCC(C)(C)C(=O)OC(CCC(C)C)CCC(C)C.CCC(C)(C)C(=O)OCC(C)CC(C)(C)C.CCC(C)CC(CC(C)C)OC(=O)C(C)(C)CC. The van der Waals surface area contributed by atoms with E-state index in [2.05, 4.69) is 83.1 Å². The van der Waals surface area contributed by atoms with Gasteiger partial charge in [-0.05, 0) is 141 Å². The van der Waals surface area contributed by atoms with E-state index in [0.717, 1.165) is 70.6 Å². The normalized spacial score (nSPS) is 12.8. The number of esters is 3. The average molecular weight is 852 g/mol. The molecule has 0 spiro atoms. The lowest BCUT2D eigenvalue weighted by Gasteiger charge is -2.27. The summed E-state index contributed by atoms with van der Waals surface area (Å²) < 4.78 is 16.9. The van der Waals surface area contributed by atoms with Crippen LogP contribution in [0.2, 0.25) is 0 Å². The van der Waals surface area contributed by atoms with Gasteiger partial charge in [0.05, 0.1) is 22.9 Å². The molecule has 0 N–H and O–H groups in total. The molecule has 0 bridgehead atoms. The quantitative estimate of drug-likeness (QED) is 0.0797. The molecule has 6 heteroatoms. The third-order valence-corrected chi connectivity index (χ3v) is 10.5. The third kappa shape index (κ3) is 41.5. The Morgan fingerprint density at radius 2 is 0.780 bits per heavy atom. The summed E-state index contributed by atoms with van der Waals surface area (Å²) in [5.74, 6) is 2.79. The summed E-state index contributed by atoms with van der Waals surface area (Å²) in [6.45, 7) is 44.8. The van der Waals surface area contributed by atoms with Gasteiger partial charge in [-0.3, -0.25) is 14.4 Å². The Bertz CT molecular complexity index is 957. The first-order valence-electron chi connectivity index (χ1n) is 21.6. The van der Waals surface area contributed by atoms with Gasteiger partial charge >= 0.3 is 17.9 Å². The van der Waals surface area contributed by atoms with E-state index in [4.69, 9.17) is 14.2 Å². The largest absolute Gasteiger partial charge is 0.465 e. The zero-order chi connectivity index (χ0) is 42.4. The second-order valence-electron chi connectivity index (χ2n) is 20.6. The summed E-state index contributed by atoms with van der Waals surface area (Å²) in [4.78, 5) is 36.1. The Kier molecular flexibility index (Phi) is 50.4. The van der Waals surface area contributed by atoms with E-state index >= 15 is 0 Å². The van der Waals surface area contributed by atoms with E-state index in [-0.39, 0.29) is 90.9 Å². The number of hydrogen-bond acceptors (Lipinski definition) is 6. The van der Waals surface area contributed by atoms with Crippen LogP contribution in [0.5, 0.6) is 0 Å². The molecule has 0 aliphatic carbocycles. The van der Waals surface area contributed by atoms with Crippen LogP contribution in [0.4, 0.5) is 0 Å². The molecule has 0 fully saturated rings. The smallest absolute Gasteiger partial charge is 0.311 e. The molecular formula is C53H118O6. The maximum atomic E-state index is 12.2. The van der Waals surface area contributed by atoms with Crippen LogP contribution in [0.3, 0.4) is 0 Å². The standard InChI is InChI=1S/C17H34O2.C16H32O2.C14H28O2.6CH4/c1-8-17(6,7)16(18)19-15(11-9-13(2)3)12-10-14(4)5;1-8-13(5)11-14(10-12(3)4)18-15(17)16(6,7)9-2;1-8-14(6,7)12(15)16-10-11(2)9-13(3,4)5;;;;;;/h13-15H,8-12H2,1-7H3;12-14H,8-11H2,1-7H3;11H,8-10H2,1-7H3;6*1H4. The second kappa shape index (κ2) is 38.1. The zero-order valence-corrected chi connectivity index (χ0v) is 39.5. The van der Waals surface area contributed by atoms with Gasteiger partial charge in [-0.15, -0.1) is 0 Å². The molecule has 0 saturated carbocycles. The Morgan fingerprint density at radius 3 is 1.07 bits per heavy atom. The lowest BCUT2D eigenvalue weighted by molar-refractivity contribution is -0.162. The highest BCUT2D eigenvalue weighted by Crippen LogP contribution is 2.28. The van der Waals surface area contributed by atoms with Crippen LogP contribution < -0.4 is 0 Å². The fraction of sp³-hybridized carbons (Fsp3) is 0.943. The summed E-state index contributed by atoms with van der Waals surface area (Å²) in [7, 11) is 0. The molecule has 6 nitrogen and oxygen atoms in total. The fourth-order valence-corrected chi connectivity index (χ4v) is 5.21. The van der Waals surface area contributed by atoms with Crippen molar-refractivity contribution in [3.8, 4) is 0 Å². The third-order valence-electron chi connectivity index (χ3n) is 10.5. The molecule has 0 saturated heterocycles. The molecule has 3 unspecified atom stereocenters. The summed E-state index contributed by atoms with van der Waals surface area (Å²) in [5, 5.41) is 0. The van der Waals surface area contributed by atoms with E-state index in [9.17, 15) is 14.4 Å². The number of carbonyl (C=O) groups is 3. The van der Waals surface area contributed by atoms with Gasteiger partial charge in [0.2, 0.25) is 0 Å². The summed E-state index contributed by atoms with van der Waals surface area (Å²) in [5.41, 5.74) is -0.758. The first kappa shape index (κ1) is 78.0. The molecule has 3 atom stereocenters. The van der Waals surface area contributed by atoms with Gasteiger partial charge < -0.3 is 14.2 Å². The summed E-state index contributed by atoms with van der Waals surface area (Å²) in [6.07, 6.45) is 11.1. The molecule has 0 radical (unpaired) electrons. The Hall–Kier alpha value is -1.59. The predicted octanol–water partition coefficient (Wildman–Crippen LogP) is 17.9. The van der Waals surface area contributed by atoms with Gasteiger partial charge in [0.1, 0.15) is 12.2 Å². The number of rotatable bonds is 22. The van der Waals surface area contributed by atoms with E-state index < -0.39 is 0 Å². The second-order valence-corrected chi connectivity index (χ2v) is 20.6. The molecule has 0 aromatic rings. The van der Waals surface area contributed by atoms with Gasteiger partial charge in [-0.1, -0.05) is 155 Å². The molecule has 366 valence electrons. The molecule has 0 aliphatic heterocycles. The molecule has 0 rings (SSSR count). The van der Waals surface area contributed by atoms with E-state index in [1.807, 2.05) is 62.3 Å². The molecule has 0 heterocycles. The van der Waals surface area contributed by atoms with E-state index in [0.29, 0.717) is 41.6 Å². The van der Waals surface area contributed by atoms with Gasteiger partial charge in [-0.25, -0.2) is 0 Å². The van der Waals surface area contributed by atoms with Crippen LogP contribution in [0.1, 0.15) is 261 Å². The van der Waals surface area contributed by atoms with Crippen molar-refractivity contribution in [2.45, 2.75) is 273 Å². The minimum atomic E-state index is -0.356. The van der Waals surface area contributed by atoms with Gasteiger partial charge in [-0.2, -0.15) is 0 Å². The molecular weight excluding hydrogens is 733 g/mol. The van der Waals surface area contributed by atoms with Gasteiger partial charge in [0.25, 0.3) is 0 Å². The van der Waals surface area contributed by atoms with Crippen molar-refractivity contribution in [3.05, 3.63) is 0 Å². The van der Waals surface area contributed by atoms with Crippen LogP contribution in [0.25, 0.3) is 0 Å². The number of hydrogen-bond donors (Lipinski definition) is 0. The van der Waals surface area contributed by atoms with Crippen molar-refractivity contribution in [3.63, 3.8) is 0 Å². The monoisotopic (exact) mass is 851 g/mol. The van der Waals surface area contributed by atoms with Gasteiger partial charge in [0.15, 0.2) is 0 Å². The van der Waals surface area contributed by atoms with E-state index in [1.54, 1.807) is 0 Å². The number of ether oxygens (including phenoxy) is 3. The first-order chi connectivity index (χ1) is 24.0. The van der Waals surface area contributed by atoms with Crippen molar-refractivity contribution >= 4 is 17.9 Å². The Balaban J connectivity index is -0.0000000867. The van der Waals surface area contributed by atoms with Crippen molar-refractivity contribution in [2.75, 3.05) is 6.61 Å². The van der Waals surface area contributed by atoms with Crippen LogP contribution in [0, 0.1) is 51.2 Å². The predicted molar refractivity (Wildman–Crippen MR) is 268 cm³/mol. The molecule has 0 aromatic heterocycles. The number of carbonyl (C=O) groups excluding carboxylic acids is 3. The highest BCUT2D eigenvalue weighted by Gasteiger charge is 2.31. The molecule has 59 heavy (non-hydrogen) atoms. The Labute approximate surface area is 376 Å².